The number of benzene rings is 1. The fourth-order valence-corrected chi connectivity index (χ4v) is 2.86. The summed E-state index contributed by atoms with van der Waals surface area (Å²) in [5, 5.41) is 10.5. The lowest BCUT2D eigenvalue weighted by molar-refractivity contribution is 0.176. The van der Waals surface area contributed by atoms with Crippen molar-refractivity contribution in [2.24, 2.45) is 0 Å². The van der Waals surface area contributed by atoms with Crippen molar-refractivity contribution in [2.45, 2.75) is 5.85 Å². The van der Waals surface area contributed by atoms with Crippen LogP contribution in [0.1, 0.15) is 11.4 Å². The van der Waals surface area contributed by atoms with Gasteiger partial charge in [0.1, 0.15) is 0 Å². The summed E-state index contributed by atoms with van der Waals surface area (Å²) >= 11 is 11.6. The summed E-state index contributed by atoms with van der Waals surface area (Å²) in [6.07, 6.45) is 0. The molecule has 0 saturated heterocycles. The molecule has 7 heteroatoms. The number of aliphatic hydroxyl groups excluding tert-OH is 1. The van der Waals surface area contributed by atoms with E-state index in [9.17, 15) is 9.67 Å². The highest BCUT2D eigenvalue weighted by Crippen LogP contribution is 2.59. The summed E-state index contributed by atoms with van der Waals surface area (Å²) in [6, 6.07) is 4.44. The normalized spacial score (nSPS) is 13.8. The van der Waals surface area contributed by atoms with E-state index in [1.54, 1.807) is 0 Å². The Morgan fingerprint density at radius 2 is 1.88 bits per heavy atom. The van der Waals surface area contributed by atoms with Crippen molar-refractivity contribution in [1.29, 1.82) is 0 Å². The second-order valence-corrected chi connectivity index (χ2v) is 6.09. The summed E-state index contributed by atoms with van der Waals surface area (Å²) in [4.78, 5) is 0. The molecule has 0 spiro atoms. The van der Waals surface area contributed by atoms with Crippen LogP contribution in [0.2, 0.25) is 10.0 Å². The van der Waals surface area contributed by atoms with Crippen molar-refractivity contribution in [3.05, 3.63) is 33.8 Å². The van der Waals surface area contributed by atoms with E-state index in [1.807, 2.05) is 0 Å². The van der Waals surface area contributed by atoms with E-state index in [1.165, 1.54) is 32.4 Å². The average Bonchev–Trinajstić information content (AvgIpc) is 2.27. The van der Waals surface area contributed by atoms with Crippen molar-refractivity contribution in [1.82, 2.24) is 0 Å². The molecule has 0 aliphatic rings. The minimum absolute atomic E-state index is 0.203. The summed E-state index contributed by atoms with van der Waals surface area (Å²) < 4.78 is 21.3. The third-order valence-corrected chi connectivity index (χ3v) is 4.51. The van der Waals surface area contributed by atoms with Crippen LogP contribution in [0, 0.1) is 0 Å². The highest BCUT2D eigenvalue weighted by Gasteiger charge is 2.34. The molecule has 1 N–H and O–H groups in total. The van der Waals surface area contributed by atoms with Crippen LogP contribution >= 0.6 is 30.8 Å². The first kappa shape index (κ1) is 14.0. The molecule has 0 amide bonds. The molecule has 0 saturated carbocycles. The van der Waals surface area contributed by atoms with Gasteiger partial charge in [0.15, 0.2) is 5.85 Å². The van der Waals surface area contributed by atoms with Gasteiger partial charge in [-0.05, 0) is 12.1 Å². The predicted molar refractivity (Wildman–Crippen MR) is 63.0 cm³/mol. The van der Waals surface area contributed by atoms with E-state index in [4.69, 9.17) is 23.2 Å². The Hall–Kier alpha value is -0.0900. The van der Waals surface area contributed by atoms with E-state index in [0.29, 0.717) is 5.02 Å². The Morgan fingerprint density at radius 1 is 1.31 bits per heavy atom. The first-order valence-corrected chi connectivity index (χ1v) is 6.65. The van der Waals surface area contributed by atoms with Crippen molar-refractivity contribution < 1.29 is 18.7 Å². The van der Waals surface area contributed by atoms with Gasteiger partial charge >= 0.3 is 7.60 Å². The van der Waals surface area contributed by atoms with Crippen LogP contribution in [0.4, 0.5) is 0 Å². The maximum Gasteiger partial charge on any atom is 0.362 e. The zero-order valence-corrected chi connectivity index (χ0v) is 11.1. The molecule has 0 aliphatic heterocycles. The van der Waals surface area contributed by atoms with Gasteiger partial charge in [-0.3, -0.25) is 4.57 Å². The Labute approximate surface area is 104 Å². The van der Waals surface area contributed by atoms with Gasteiger partial charge in [-0.25, -0.2) is 0 Å². The third-order valence-electron chi connectivity index (χ3n) is 2.05. The van der Waals surface area contributed by atoms with Crippen molar-refractivity contribution in [3.63, 3.8) is 0 Å². The number of aliphatic hydroxyl groups is 1. The molecule has 4 nitrogen and oxygen atoms in total. The highest BCUT2D eigenvalue weighted by molar-refractivity contribution is 7.54. The van der Waals surface area contributed by atoms with E-state index in [-0.39, 0.29) is 10.6 Å². The van der Waals surface area contributed by atoms with Crippen LogP contribution in [0.5, 0.6) is 0 Å². The second-order valence-electron chi connectivity index (χ2n) is 2.94. The van der Waals surface area contributed by atoms with E-state index < -0.39 is 13.4 Å². The highest BCUT2D eigenvalue weighted by atomic mass is 35.5. The molecule has 0 radical (unpaired) electrons. The van der Waals surface area contributed by atoms with E-state index in [0.717, 1.165) is 0 Å². The monoisotopic (exact) mass is 284 g/mol. The van der Waals surface area contributed by atoms with Gasteiger partial charge in [-0.2, -0.15) is 0 Å². The van der Waals surface area contributed by atoms with Crippen molar-refractivity contribution in [3.8, 4) is 0 Å². The molecule has 90 valence electrons. The van der Waals surface area contributed by atoms with Gasteiger partial charge in [-0.1, -0.05) is 29.3 Å². The molecule has 0 bridgehead atoms. The van der Waals surface area contributed by atoms with Crippen LogP contribution in [0.15, 0.2) is 18.2 Å². The van der Waals surface area contributed by atoms with Crippen molar-refractivity contribution >= 4 is 30.8 Å². The third kappa shape index (κ3) is 2.77. The Balaban J connectivity index is 3.14. The van der Waals surface area contributed by atoms with Gasteiger partial charge in [0.25, 0.3) is 0 Å². The molecule has 0 unspecified atom stereocenters. The van der Waals surface area contributed by atoms with E-state index >= 15 is 0 Å². The standard InChI is InChI=1S/C9H11Cl2O4P/c1-14-16(13,15-2)9(12)7-4-3-6(10)5-8(7)11/h3-5,9,12H,1-2H3/t9-/m0/s1. The zero-order valence-electron chi connectivity index (χ0n) is 8.68. The molecule has 0 fully saturated rings. The quantitative estimate of drug-likeness (QED) is 0.860. The van der Waals surface area contributed by atoms with Crippen LogP contribution < -0.4 is 0 Å². The Kier molecular flexibility index (Phi) is 4.80. The maximum atomic E-state index is 11.9. The van der Waals surface area contributed by atoms with Crippen LogP contribution in [0.3, 0.4) is 0 Å². The van der Waals surface area contributed by atoms with Crippen LogP contribution in [-0.4, -0.2) is 19.3 Å². The molecule has 1 rings (SSSR count). The molecule has 16 heavy (non-hydrogen) atoms. The lowest BCUT2D eigenvalue weighted by Crippen LogP contribution is -2.03. The summed E-state index contributed by atoms with van der Waals surface area (Å²) in [7, 11) is -1.22. The maximum absolute atomic E-state index is 11.9. The SMILES string of the molecule is COP(=O)(OC)[C@H](O)c1ccc(Cl)cc1Cl. The number of hydrogen-bond acceptors (Lipinski definition) is 4. The minimum Gasteiger partial charge on any atom is -0.376 e. The zero-order chi connectivity index (χ0) is 12.3. The van der Waals surface area contributed by atoms with E-state index in [2.05, 4.69) is 9.05 Å². The molecule has 1 aromatic rings. The fraction of sp³-hybridized carbons (Fsp3) is 0.333. The van der Waals surface area contributed by atoms with Gasteiger partial charge in [-0.15, -0.1) is 0 Å². The van der Waals surface area contributed by atoms with Gasteiger partial charge in [0.2, 0.25) is 0 Å². The van der Waals surface area contributed by atoms with Crippen molar-refractivity contribution in [2.75, 3.05) is 14.2 Å². The van der Waals surface area contributed by atoms with Gasteiger partial charge in [0.05, 0.1) is 0 Å². The largest absolute Gasteiger partial charge is 0.376 e. The molecule has 1 aromatic carbocycles. The molecular formula is C9H11Cl2O4P. The lowest BCUT2D eigenvalue weighted by Gasteiger charge is -2.20. The molecule has 0 aliphatic carbocycles. The smallest absolute Gasteiger partial charge is 0.362 e. The number of hydrogen-bond donors (Lipinski definition) is 1. The predicted octanol–water partition coefficient (Wildman–Crippen LogP) is 3.47. The first-order chi connectivity index (χ1) is 7.44. The number of halogens is 2. The summed E-state index contributed by atoms with van der Waals surface area (Å²) in [6.45, 7) is 0. The topological polar surface area (TPSA) is 55.8 Å². The molecular weight excluding hydrogens is 274 g/mol. The van der Waals surface area contributed by atoms with Gasteiger partial charge in [0, 0.05) is 29.8 Å². The summed E-state index contributed by atoms with van der Waals surface area (Å²) in [5.74, 6) is -1.44. The first-order valence-electron chi connectivity index (χ1n) is 4.29. The van der Waals surface area contributed by atoms with Gasteiger partial charge < -0.3 is 14.2 Å². The fourth-order valence-electron chi connectivity index (χ4n) is 1.16. The van der Waals surface area contributed by atoms with Crippen LogP contribution in [0.25, 0.3) is 0 Å². The Morgan fingerprint density at radius 3 is 2.31 bits per heavy atom. The van der Waals surface area contributed by atoms with Crippen LogP contribution in [-0.2, 0) is 13.6 Å². The second kappa shape index (κ2) is 5.50. The lowest BCUT2D eigenvalue weighted by atomic mass is 10.2. The molecule has 0 heterocycles. The Bertz CT molecular complexity index is 416. The molecule has 0 aromatic heterocycles. The summed E-state index contributed by atoms with van der Waals surface area (Å²) in [5.41, 5.74) is 0.248. The average molecular weight is 285 g/mol. The minimum atomic E-state index is -3.61. The molecule has 1 atom stereocenters. The number of rotatable bonds is 4.